The molecule has 2 aliphatic heterocycles. The lowest BCUT2D eigenvalue weighted by Crippen LogP contribution is -2.56. The van der Waals surface area contributed by atoms with E-state index in [1.807, 2.05) is 19.1 Å². The Labute approximate surface area is 139 Å². The van der Waals surface area contributed by atoms with Crippen LogP contribution in [0.5, 0.6) is 5.75 Å². The van der Waals surface area contributed by atoms with E-state index in [2.05, 4.69) is 27.2 Å². The Kier molecular flexibility index (Phi) is 5.41. The van der Waals surface area contributed by atoms with Gasteiger partial charge in [-0.3, -0.25) is 4.90 Å². The van der Waals surface area contributed by atoms with Gasteiger partial charge in [-0.15, -0.1) is 0 Å². The van der Waals surface area contributed by atoms with E-state index in [4.69, 9.17) is 4.74 Å². The first-order chi connectivity index (χ1) is 11.2. The number of hydrogen-bond acceptors (Lipinski definition) is 5. The summed E-state index contributed by atoms with van der Waals surface area (Å²) in [7, 11) is 0. The summed E-state index contributed by atoms with van der Waals surface area (Å²) in [6, 6.07) is 8.28. The summed E-state index contributed by atoms with van der Waals surface area (Å²) in [6.45, 7) is 9.18. The largest absolute Gasteiger partial charge is 0.492 e. The molecule has 0 unspecified atom stereocenters. The van der Waals surface area contributed by atoms with E-state index in [1.165, 1.54) is 5.69 Å². The third kappa shape index (κ3) is 4.16. The van der Waals surface area contributed by atoms with E-state index in [-0.39, 0.29) is 0 Å². The number of benzene rings is 1. The summed E-state index contributed by atoms with van der Waals surface area (Å²) in [6.07, 6.45) is 1.98. The van der Waals surface area contributed by atoms with Gasteiger partial charge in [0.25, 0.3) is 0 Å². The van der Waals surface area contributed by atoms with Gasteiger partial charge in [-0.2, -0.15) is 0 Å². The van der Waals surface area contributed by atoms with Gasteiger partial charge < -0.3 is 20.1 Å². The highest BCUT2D eigenvalue weighted by Gasteiger charge is 2.32. The van der Waals surface area contributed by atoms with Crippen LogP contribution in [-0.2, 0) is 0 Å². The van der Waals surface area contributed by atoms with Crippen LogP contribution >= 0.6 is 0 Å². The molecule has 2 saturated heterocycles. The summed E-state index contributed by atoms with van der Waals surface area (Å²) in [5, 5.41) is 14.0. The number of anilines is 1. The van der Waals surface area contributed by atoms with Crippen molar-refractivity contribution >= 4 is 5.69 Å². The predicted octanol–water partition coefficient (Wildman–Crippen LogP) is 1.32. The first-order valence-corrected chi connectivity index (χ1v) is 8.82. The Morgan fingerprint density at radius 3 is 2.70 bits per heavy atom. The van der Waals surface area contributed by atoms with Gasteiger partial charge in [0.05, 0.1) is 17.9 Å². The van der Waals surface area contributed by atoms with Crippen molar-refractivity contribution in [3.63, 3.8) is 0 Å². The van der Waals surface area contributed by atoms with Crippen molar-refractivity contribution in [3.05, 3.63) is 24.3 Å². The van der Waals surface area contributed by atoms with Gasteiger partial charge >= 0.3 is 0 Å². The van der Waals surface area contributed by atoms with Crippen LogP contribution in [0, 0.1) is 0 Å². The molecule has 0 aliphatic carbocycles. The highest BCUT2D eigenvalue weighted by Crippen LogP contribution is 2.29. The Morgan fingerprint density at radius 1 is 1.22 bits per heavy atom. The third-order valence-corrected chi connectivity index (χ3v) is 4.85. The van der Waals surface area contributed by atoms with Crippen molar-refractivity contribution in [3.8, 4) is 5.75 Å². The fraction of sp³-hybridized carbons (Fsp3) is 0.667. The molecule has 1 aromatic rings. The lowest BCUT2D eigenvalue weighted by molar-refractivity contribution is -0.0164. The molecule has 0 saturated carbocycles. The topological polar surface area (TPSA) is 48.0 Å². The minimum Gasteiger partial charge on any atom is -0.492 e. The lowest BCUT2D eigenvalue weighted by atomic mass is 9.93. The van der Waals surface area contributed by atoms with Crippen molar-refractivity contribution in [2.75, 3.05) is 57.3 Å². The van der Waals surface area contributed by atoms with Crippen molar-refractivity contribution in [1.82, 2.24) is 10.2 Å². The van der Waals surface area contributed by atoms with Gasteiger partial charge in [-0.1, -0.05) is 12.1 Å². The Balaban J connectivity index is 1.56. The summed E-state index contributed by atoms with van der Waals surface area (Å²) < 4.78 is 5.75. The highest BCUT2D eigenvalue weighted by molar-refractivity contribution is 5.58. The number of piperazine rings is 1. The van der Waals surface area contributed by atoms with Gasteiger partial charge in [0.1, 0.15) is 5.75 Å². The van der Waals surface area contributed by atoms with E-state index in [0.717, 1.165) is 64.4 Å². The number of nitrogens with zero attached hydrogens (tertiary/aromatic N) is 2. The average molecular weight is 319 g/mol. The van der Waals surface area contributed by atoms with Gasteiger partial charge in [0, 0.05) is 39.3 Å². The molecular formula is C18H29N3O2. The summed E-state index contributed by atoms with van der Waals surface area (Å²) in [5.74, 6) is 0.971. The number of nitrogens with one attached hydrogen (secondary N) is 1. The highest BCUT2D eigenvalue weighted by atomic mass is 16.5. The molecule has 1 atom stereocenters. The fourth-order valence-electron chi connectivity index (χ4n) is 3.65. The second kappa shape index (κ2) is 7.51. The smallest absolute Gasteiger partial charge is 0.142 e. The zero-order valence-electron chi connectivity index (χ0n) is 14.1. The van der Waals surface area contributed by atoms with Crippen LogP contribution < -0.4 is 15.0 Å². The number of ether oxygens (including phenoxy) is 1. The van der Waals surface area contributed by atoms with Crippen LogP contribution in [0.1, 0.15) is 19.8 Å². The second-order valence-corrected chi connectivity index (χ2v) is 6.67. The van der Waals surface area contributed by atoms with E-state index in [9.17, 15) is 5.11 Å². The predicted molar refractivity (Wildman–Crippen MR) is 93.3 cm³/mol. The van der Waals surface area contributed by atoms with Crippen molar-refractivity contribution in [1.29, 1.82) is 0 Å². The Bertz CT molecular complexity index is 495. The third-order valence-electron chi connectivity index (χ3n) is 4.85. The molecule has 23 heavy (non-hydrogen) atoms. The zero-order chi connectivity index (χ0) is 16.1. The number of hydrogen-bond donors (Lipinski definition) is 2. The summed E-state index contributed by atoms with van der Waals surface area (Å²) in [5.41, 5.74) is 0.635. The van der Waals surface area contributed by atoms with Crippen LogP contribution in [0.15, 0.2) is 24.3 Å². The lowest BCUT2D eigenvalue weighted by Gasteiger charge is -2.42. The van der Waals surface area contributed by atoms with Gasteiger partial charge in [-0.25, -0.2) is 0 Å². The Morgan fingerprint density at radius 2 is 2.00 bits per heavy atom. The van der Waals surface area contributed by atoms with E-state index < -0.39 is 5.60 Å². The molecule has 0 aromatic heterocycles. The molecule has 5 nitrogen and oxygen atoms in total. The SMILES string of the molecule is CCOc1ccccc1N1CCN(C[C@]2(O)CCCNC2)CC1. The molecule has 0 spiro atoms. The normalized spacial score (nSPS) is 26.3. The number of aliphatic hydroxyl groups is 1. The number of rotatable bonds is 5. The molecule has 0 amide bonds. The number of β-amino-alcohol motifs (C(OH)–C–C–N with tert-alkyl or cyclic N) is 1. The van der Waals surface area contributed by atoms with Crippen LogP contribution in [-0.4, -0.2) is 68.0 Å². The maximum Gasteiger partial charge on any atom is 0.142 e. The van der Waals surface area contributed by atoms with Crippen LogP contribution in [0.25, 0.3) is 0 Å². The number of piperidine rings is 1. The minimum atomic E-state index is -0.552. The number of para-hydroxylation sites is 2. The second-order valence-electron chi connectivity index (χ2n) is 6.67. The molecule has 5 heteroatoms. The molecule has 2 aliphatic rings. The first kappa shape index (κ1) is 16.6. The molecule has 2 fully saturated rings. The Hall–Kier alpha value is -1.30. The quantitative estimate of drug-likeness (QED) is 0.857. The van der Waals surface area contributed by atoms with E-state index >= 15 is 0 Å². The molecule has 2 N–H and O–H groups in total. The van der Waals surface area contributed by atoms with Crippen molar-refractivity contribution < 1.29 is 9.84 Å². The van der Waals surface area contributed by atoms with Gasteiger partial charge in [0.2, 0.25) is 0 Å². The maximum atomic E-state index is 10.7. The molecule has 1 aromatic carbocycles. The van der Waals surface area contributed by atoms with Crippen molar-refractivity contribution in [2.45, 2.75) is 25.4 Å². The van der Waals surface area contributed by atoms with Crippen LogP contribution in [0.3, 0.4) is 0 Å². The van der Waals surface area contributed by atoms with E-state index in [1.54, 1.807) is 0 Å². The maximum absolute atomic E-state index is 10.7. The van der Waals surface area contributed by atoms with Crippen molar-refractivity contribution in [2.24, 2.45) is 0 Å². The molecule has 3 rings (SSSR count). The van der Waals surface area contributed by atoms with E-state index in [0.29, 0.717) is 6.61 Å². The minimum absolute atomic E-state index is 0.552. The summed E-state index contributed by atoms with van der Waals surface area (Å²) >= 11 is 0. The molecule has 128 valence electrons. The van der Waals surface area contributed by atoms with Crippen LogP contribution in [0.2, 0.25) is 0 Å². The summed E-state index contributed by atoms with van der Waals surface area (Å²) in [4.78, 5) is 4.79. The molecule has 0 bridgehead atoms. The first-order valence-electron chi connectivity index (χ1n) is 8.82. The van der Waals surface area contributed by atoms with Gasteiger partial charge in [0.15, 0.2) is 0 Å². The standard InChI is InChI=1S/C18H29N3O2/c1-2-23-17-7-4-3-6-16(17)21-12-10-20(11-13-21)15-18(22)8-5-9-19-14-18/h3-4,6-7,19,22H,2,5,8-15H2,1H3/t18-/m0/s1. The molecular weight excluding hydrogens is 290 g/mol. The van der Waals surface area contributed by atoms with Gasteiger partial charge in [-0.05, 0) is 38.4 Å². The fourth-order valence-corrected chi connectivity index (χ4v) is 3.65. The van der Waals surface area contributed by atoms with Crippen LogP contribution in [0.4, 0.5) is 5.69 Å². The molecule has 2 heterocycles. The monoisotopic (exact) mass is 319 g/mol. The zero-order valence-corrected chi connectivity index (χ0v) is 14.1. The average Bonchev–Trinajstić information content (AvgIpc) is 2.57. The molecule has 0 radical (unpaired) electrons.